The molecule has 15 heavy (non-hydrogen) atoms. The Morgan fingerprint density at radius 2 is 1.87 bits per heavy atom. The zero-order valence-corrected chi connectivity index (χ0v) is 9.09. The normalized spacial score (nSPS) is 40.2. The molecule has 0 N–H and O–H groups in total. The Labute approximate surface area is 90.2 Å². The summed E-state index contributed by atoms with van der Waals surface area (Å²) in [5.74, 6) is 0. The minimum Gasteiger partial charge on any atom is -0.257 e. The van der Waals surface area contributed by atoms with Crippen LogP contribution in [-0.4, -0.2) is 5.71 Å². The number of nitrogens with zero attached hydrogens (tertiary/aromatic N) is 1. The molecule has 0 saturated heterocycles. The second kappa shape index (κ2) is 2.18. The summed E-state index contributed by atoms with van der Waals surface area (Å²) in [5, 5.41) is 0. The smallest absolute Gasteiger partial charge is 0.0665 e. The van der Waals surface area contributed by atoms with Crippen LogP contribution in [0.2, 0.25) is 0 Å². The van der Waals surface area contributed by atoms with Crippen molar-refractivity contribution in [2.75, 3.05) is 0 Å². The van der Waals surface area contributed by atoms with E-state index in [0.29, 0.717) is 10.8 Å². The summed E-state index contributed by atoms with van der Waals surface area (Å²) in [7, 11) is 0. The lowest BCUT2D eigenvalue weighted by Gasteiger charge is -2.69. The third-order valence-electron chi connectivity index (χ3n) is 4.51. The molecule has 0 spiro atoms. The Hall–Kier alpha value is -1.11. The molecule has 1 aromatic rings. The molecule has 1 heterocycles. The van der Waals surface area contributed by atoms with E-state index in [1.807, 2.05) is 0 Å². The van der Waals surface area contributed by atoms with Crippen molar-refractivity contribution < 1.29 is 0 Å². The number of fused-ring (bicyclic) bond motifs is 1. The van der Waals surface area contributed by atoms with Crippen molar-refractivity contribution in [1.29, 1.82) is 0 Å². The van der Waals surface area contributed by atoms with Gasteiger partial charge >= 0.3 is 0 Å². The van der Waals surface area contributed by atoms with Gasteiger partial charge in [-0.1, -0.05) is 25.1 Å². The first-order valence-corrected chi connectivity index (χ1v) is 5.85. The predicted molar refractivity (Wildman–Crippen MR) is 61.6 cm³/mol. The molecule has 0 amide bonds. The maximum Gasteiger partial charge on any atom is 0.0665 e. The quantitative estimate of drug-likeness (QED) is 0.653. The topological polar surface area (TPSA) is 12.4 Å². The number of rotatable bonds is 1. The molecule has 1 aliphatic heterocycles. The van der Waals surface area contributed by atoms with Gasteiger partial charge in [0.15, 0.2) is 0 Å². The first-order valence-electron chi connectivity index (χ1n) is 5.85. The molecule has 3 saturated carbocycles. The first kappa shape index (κ1) is 8.09. The average molecular weight is 197 g/mol. The van der Waals surface area contributed by atoms with Crippen LogP contribution in [0.3, 0.4) is 0 Å². The summed E-state index contributed by atoms with van der Waals surface area (Å²) in [6, 6.07) is 8.59. The highest BCUT2D eigenvalue weighted by Crippen LogP contribution is 2.74. The fourth-order valence-corrected chi connectivity index (χ4v) is 4.04. The van der Waals surface area contributed by atoms with Gasteiger partial charge in [-0.05, 0) is 36.3 Å². The van der Waals surface area contributed by atoms with E-state index in [2.05, 4.69) is 31.2 Å². The number of benzene rings is 1. The molecule has 3 fully saturated rings. The highest BCUT2D eigenvalue weighted by molar-refractivity contribution is 6.00. The molecule has 0 aromatic heterocycles. The van der Waals surface area contributed by atoms with Crippen molar-refractivity contribution in [2.24, 2.45) is 15.8 Å². The van der Waals surface area contributed by atoms with Gasteiger partial charge in [0.2, 0.25) is 0 Å². The maximum absolute atomic E-state index is 4.83. The lowest BCUT2D eigenvalue weighted by atomic mass is 9.34. The monoisotopic (exact) mass is 197 g/mol. The Bertz CT molecular complexity index is 464. The molecule has 0 atom stereocenters. The van der Waals surface area contributed by atoms with Crippen LogP contribution in [0.15, 0.2) is 29.3 Å². The Morgan fingerprint density at radius 1 is 1.13 bits per heavy atom. The molecule has 1 heteroatoms. The van der Waals surface area contributed by atoms with Gasteiger partial charge in [-0.15, -0.1) is 0 Å². The van der Waals surface area contributed by atoms with Crippen LogP contribution >= 0.6 is 0 Å². The molecule has 76 valence electrons. The van der Waals surface area contributed by atoms with Gasteiger partial charge in [0.05, 0.1) is 5.69 Å². The molecule has 0 radical (unpaired) electrons. The minimum absolute atomic E-state index is 0.535. The Balaban J connectivity index is 1.69. The van der Waals surface area contributed by atoms with Gasteiger partial charge in [-0.25, -0.2) is 0 Å². The van der Waals surface area contributed by atoms with Crippen LogP contribution in [-0.2, 0) is 6.42 Å². The summed E-state index contributed by atoms with van der Waals surface area (Å²) in [4.78, 5) is 4.83. The molecule has 1 nitrogen and oxygen atoms in total. The highest BCUT2D eigenvalue weighted by atomic mass is 14.9. The predicted octanol–water partition coefficient (Wildman–Crippen LogP) is 3.51. The lowest BCUT2D eigenvalue weighted by molar-refractivity contribution is -0.138. The number of aliphatic imine (C=N–C) groups is 1. The van der Waals surface area contributed by atoms with E-state index < -0.39 is 0 Å². The molecule has 2 bridgehead atoms. The van der Waals surface area contributed by atoms with Crippen molar-refractivity contribution >= 4 is 11.4 Å². The zero-order chi connectivity index (χ0) is 10.1. The largest absolute Gasteiger partial charge is 0.257 e. The van der Waals surface area contributed by atoms with Gasteiger partial charge in [0, 0.05) is 17.5 Å². The fourth-order valence-electron chi connectivity index (χ4n) is 4.04. The molecule has 5 rings (SSSR count). The van der Waals surface area contributed by atoms with Crippen molar-refractivity contribution in [3.63, 3.8) is 0 Å². The molecule has 0 unspecified atom stereocenters. The maximum atomic E-state index is 4.83. The molecule has 4 aliphatic rings. The summed E-state index contributed by atoms with van der Waals surface area (Å²) < 4.78 is 0. The van der Waals surface area contributed by atoms with Gasteiger partial charge < -0.3 is 0 Å². The van der Waals surface area contributed by atoms with Crippen LogP contribution in [0.1, 0.15) is 31.7 Å². The number of hydrogen-bond acceptors (Lipinski definition) is 1. The Morgan fingerprint density at radius 3 is 2.53 bits per heavy atom. The van der Waals surface area contributed by atoms with Crippen LogP contribution in [0.25, 0.3) is 0 Å². The van der Waals surface area contributed by atoms with Crippen molar-refractivity contribution in [1.82, 2.24) is 0 Å². The molecule has 3 aliphatic carbocycles. The SMILES string of the molecule is CC12CC(C3=Nc4ccccc4C3)(C1)C2. The van der Waals surface area contributed by atoms with E-state index >= 15 is 0 Å². The van der Waals surface area contributed by atoms with E-state index in [1.165, 1.54) is 36.2 Å². The molecular formula is C14H15N. The van der Waals surface area contributed by atoms with Crippen molar-refractivity contribution in [3.05, 3.63) is 29.8 Å². The summed E-state index contributed by atoms with van der Waals surface area (Å²) in [6.07, 6.45) is 5.30. The molecule has 1 aromatic carbocycles. The summed E-state index contributed by atoms with van der Waals surface area (Å²) in [5.41, 5.74) is 5.36. The van der Waals surface area contributed by atoms with Gasteiger partial charge in [-0.3, -0.25) is 4.99 Å². The summed E-state index contributed by atoms with van der Waals surface area (Å²) >= 11 is 0. The van der Waals surface area contributed by atoms with Crippen molar-refractivity contribution in [2.45, 2.75) is 32.6 Å². The van der Waals surface area contributed by atoms with Gasteiger partial charge in [0.25, 0.3) is 0 Å². The lowest BCUT2D eigenvalue weighted by Crippen LogP contribution is -2.63. The van der Waals surface area contributed by atoms with E-state index in [1.54, 1.807) is 0 Å². The van der Waals surface area contributed by atoms with Crippen LogP contribution < -0.4 is 0 Å². The standard InChI is InChI=1S/C14H15N/c1-13-7-14(8-13,9-13)12-6-10-4-2-3-5-11(10)15-12/h2-5H,6-9H2,1H3. The van der Waals surface area contributed by atoms with Gasteiger partial charge in [-0.2, -0.15) is 0 Å². The minimum atomic E-state index is 0.535. The third-order valence-corrected chi connectivity index (χ3v) is 4.51. The van der Waals surface area contributed by atoms with E-state index in [-0.39, 0.29) is 0 Å². The van der Waals surface area contributed by atoms with E-state index in [9.17, 15) is 0 Å². The second-order valence-corrected chi connectivity index (χ2v) is 5.99. The number of para-hydroxylation sites is 1. The van der Waals surface area contributed by atoms with Crippen molar-refractivity contribution in [3.8, 4) is 0 Å². The van der Waals surface area contributed by atoms with Crippen LogP contribution in [0, 0.1) is 10.8 Å². The Kier molecular flexibility index (Phi) is 1.18. The van der Waals surface area contributed by atoms with E-state index in [4.69, 9.17) is 4.99 Å². The summed E-state index contributed by atoms with van der Waals surface area (Å²) in [6.45, 7) is 2.41. The third kappa shape index (κ3) is 0.871. The van der Waals surface area contributed by atoms with Gasteiger partial charge in [0.1, 0.15) is 0 Å². The highest BCUT2D eigenvalue weighted by Gasteiger charge is 2.67. The van der Waals surface area contributed by atoms with Crippen LogP contribution in [0.4, 0.5) is 5.69 Å². The number of hydrogen-bond donors (Lipinski definition) is 0. The second-order valence-electron chi connectivity index (χ2n) is 5.99. The fraction of sp³-hybridized carbons (Fsp3) is 0.500. The zero-order valence-electron chi connectivity index (χ0n) is 9.09. The van der Waals surface area contributed by atoms with E-state index in [0.717, 1.165) is 6.42 Å². The first-order chi connectivity index (χ1) is 7.19. The molecular weight excluding hydrogens is 182 g/mol. The van der Waals surface area contributed by atoms with Crippen LogP contribution in [0.5, 0.6) is 0 Å². The average Bonchev–Trinajstić information content (AvgIpc) is 2.54.